The van der Waals surface area contributed by atoms with Crippen LogP contribution in [0.1, 0.15) is 5.56 Å². The SMILES string of the molecule is C=CS(=O)(=O)OC=Cc1ccccc1. The minimum atomic E-state index is -3.61. The summed E-state index contributed by atoms with van der Waals surface area (Å²) in [6.07, 6.45) is 2.67. The Hall–Kier alpha value is -1.55. The smallest absolute Gasteiger partial charge is 0.331 e. The van der Waals surface area contributed by atoms with E-state index in [4.69, 9.17) is 0 Å². The monoisotopic (exact) mass is 210 g/mol. The lowest BCUT2D eigenvalue weighted by Gasteiger charge is -1.95. The van der Waals surface area contributed by atoms with Gasteiger partial charge in [-0.3, -0.25) is 0 Å². The van der Waals surface area contributed by atoms with Gasteiger partial charge in [-0.1, -0.05) is 36.9 Å². The number of rotatable bonds is 4. The molecule has 1 aromatic rings. The van der Waals surface area contributed by atoms with Crippen molar-refractivity contribution in [2.45, 2.75) is 0 Å². The van der Waals surface area contributed by atoms with Crippen LogP contribution in [-0.4, -0.2) is 8.42 Å². The van der Waals surface area contributed by atoms with Crippen molar-refractivity contribution in [3.8, 4) is 0 Å². The molecular weight excluding hydrogens is 200 g/mol. The molecule has 0 aliphatic heterocycles. The highest BCUT2D eigenvalue weighted by Crippen LogP contribution is 2.02. The molecule has 0 atom stereocenters. The van der Waals surface area contributed by atoms with Crippen LogP contribution in [0.5, 0.6) is 0 Å². The second kappa shape index (κ2) is 4.62. The van der Waals surface area contributed by atoms with E-state index in [-0.39, 0.29) is 0 Å². The minimum absolute atomic E-state index is 0.752. The van der Waals surface area contributed by atoms with E-state index in [1.807, 2.05) is 30.3 Å². The lowest BCUT2D eigenvalue weighted by molar-refractivity contribution is 0.456. The zero-order valence-corrected chi connectivity index (χ0v) is 8.28. The van der Waals surface area contributed by atoms with Crippen LogP contribution in [0.4, 0.5) is 0 Å². The van der Waals surface area contributed by atoms with Crippen LogP contribution in [0, 0.1) is 0 Å². The van der Waals surface area contributed by atoms with E-state index in [1.54, 1.807) is 6.08 Å². The van der Waals surface area contributed by atoms with Crippen molar-refractivity contribution in [1.29, 1.82) is 0 Å². The standard InChI is InChI=1S/C10H10O3S/c1-2-14(11,12)13-9-8-10-6-4-3-5-7-10/h2-9H,1H2. The van der Waals surface area contributed by atoms with Gasteiger partial charge in [0.25, 0.3) is 0 Å². The molecule has 0 aliphatic rings. The molecule has 0 spiro atoms. The van der Waals surface area contributed by atoms with Crippen LogP contribution < -0.4 is 0 Å². The molecule has 0 unspecified atom stereocenters. The molecule has 1 aromatic carbocycles. The minimum Gasteiger partial charge on any atom is -0.387 e. The first-order valence-electron chi connectivity index (χ1n) is 3.91. The average Bonchev–Trinajstić information content (AvgIpc) is 2.19. The lowest BCUT2D eigenvalue weighted by atomic mass is 10.2. The van der Waals surface area contributed by atoms with Gasteiger partial charge in [0.1, 0.15) is 6.26 Å². The number of benzene rings is 1. The maximum absolute atomic E-state index is 10.8. The molecule has 0 N–H and O–H groups in total. The van der Waals surface area contributed by atoms with E-state index in [1.165, 1.54) is 0 Å². The third kappa shape index (κ3) is 3.45. The Balaban J connectivity index is 2.63. The molecule has 0 aromatic heterocycles. The number of hydrogen-bond donors (Lipinski definition) is 0. The zero-order valence-electron chi connectivity index (χ0n) is 7.46. The fraction of sp³-hybridized carbons (Fsp3) is 0. The van der Waals surface area contributed by atoms with Gasteiger partial charge in [0, 0.05) is 0 Å². The van der Waals surface area contributed by atoms with Crippen LogP contribution in [-0.2, 0) is 14.3 Å². The van der Waals surface area contributed by atoms with Crippen LogP contribution in [0.15, 0.2) is 48.6 Å². The normalized spacial score (nSPS) is 11.4. The summed E-state index contributed by atoms with van der Waals surface area (Å²) in [6, 6.07) is 9.24. The summed E-state index contributed by atoms with van der Waals surface area (Å²) in [6.45, 7) is 3.11. The van der Waals surface area contributed by atoms with Crippen molar-refractivity contribution < 1.29 is 12.6 Å². The van der Waals surface area contributed by atoms with Gasteiger partial charge < -0.3 is 4.18 Å². The summed E-state index contributed by atoms with van der Waals surface area (Å²) < 4.78 is 26.1. The largest absolute Gasteiger partial charge is 0.387 e. The summed E-state index contributed by atoms with van der Waals surface area (Å²) >= 11 is 0. The van der Waals surface area contributed by atoms with E-state index in [0.29, 0.717) is 0 Å². The van der Waals surface area contributed by atoms with Gasteiger partial charge in [0.2, 0.25) is 0 Å². The maximum Gasteiger partial charge on any atom is 0.331 e. The first-order chi connectivity index (χ1) is 6.64. The van der Waals surface area contributed by atoms with E-state index in [0.717, 1.165) is 17.2 Å². The first kappa shape index (κ1) is 10.5. The first-order valence-corrected chi connectivity index (χ1v) is 5.38. The van der Waals surface area contributed by atoms with Crippen molar-refractivity contribution in [3.63, 3.8) is 0 Å². The highest BCUT2D eigenvalue weighted by Gasteiger charge is 1.99. The molecule has 0 aliphatic carbocycles. The summed E-state index contributed by atoms with van der Waals surface area (Å²) in [5.74, 6) is 0. The molecule has 0 radical (unpaired) electrons. The molecule has 1 rings (SSSR count). The maximum atomic E-state index is 10.8. The molecule has 0 fully saturated rings. The molecule has 0 heterocycles. The third-order valence-electron chi connectivity index (χ3n) is 1.45. The van der Waals surface area contributed by atoms with Crippen LogP contribution in [0.25, 0.3) is 6.08 Å². The molecule has 14 heavy (non-hydrogen) atoms. The molecular formula is C10H10O3S. The second-order valence-corrected chi connectivity index (χ2v) is 3.98. The summed E-state index contributed by atoms with van der Waals surface area (Å²) in [5.41, 5.74) is 0.867. The van der Waals surface area contributed by atoms with Crippen molar-refractivity contribution >= 4 is 16.2 Å². The van der Waals surface area contributed by atoms with Crippen molar-refractivity contribution in [2.24, 2.45) is 0 Å². The number of hydrogen-bond acceptors (Lipinski definition) is 3. The van der Waals surface area contributed by atoms with Crippen LogP contribution in [0.2, 0.25) is 0 Å². The van der Waals surface area contributed by atoms with Gasteiger partial charge in [0.05, 0.1) is 5.41 Å². The van der Waals surface area contributed by atoms with Gasteiger partial charge >= 0.3 is 10.1 Å². The van der Waals surface area contributed by atoms with Gasteiger partial charge in [-0.2, -0.15) is 8.42 Å². The Morgan fingerprint density at radius 2 is 1.86 bits per heavy atom. The Kier molecular flexibility index (Phi) is 3.48. The van der Waals surface area contributed by atoms with Crippen molar-refractivity contribution in [1.82, 2.24) is 0 Å². The predicted octanol–water partition coefficient (Wildman–Crippen LogP) is 2.15. The Labute approximate surface area is 83.5 Å². The van der Waals surface area contributed by atoms with E-state index >= 15 is 0 Å². The molecule has 4 heteroatoms. The topological polar surface area (TPSA) is 43.4 Å². The second-order valence-electron chi connectivity index (χ2n) is 2.47. The molecule has 0 saturated carbocycles. The molecule has 0 amide bonds. The average molecular weight is 210 g/mol. The lowest BCUT2D eigenvalue weighted by Crippen LogP contribution is -1.94. The predicted molar refractivity (Wildman–Crippen MR) is 55.7 cm³/mol. The summed E-state index contributed by atoms with van der Waals surface area (Å²) in [5, 5.41) is 0.752. The zero-order chi connectivity index (χ0) is 10.4. The highest BCUT2D eigenvalue weighted by molar-refractivity contribution is 7.89. The molecule has 0 saturated heterocycles. The van der Waals surface area contributed by atoms with E-state index < -0.39 is 10.1 Å². The van der Waals surface area contributed by atoms with Gasteiger partial charge in [-0.15, -0.1) is 0 Å². The van der Waals surface area contributed by atoms with Gasteiger partial charge in [0.15, 0.2) is 0 Å². The van der Waals surface area contributed by atoms with Crippen LogP contribution >= 0.6 is 0 Å². The van der Waals surface area contributed by atoms with E-state index in [9.17, 15) is 8.42 Å². The van der Waals surface area contributed by atoms with Crippen molar-refractivity contribution in [3.05, 3.63) is 54.1 Å². The summed E-state index contributed by atoms with van der Waals surface area (Å²) in [7, 11) is -3.61. The summed E-state index contributed by atoms with van der Waals surface area (Å²) in [4.78, 5) is 0. The Bertz CT molecular complexity index is 418. The fourth-order valence-electron chi connectivity index (χ4n) is 0.787. The van der Waals surface area contributed by atoms with Crippen molar-refractivity contribution in [2.75, 3.05) is 0 Å². The Morgan fingerprint density at radius 1 is 1.21 bits per heavy atom. The van der Waals surface area contributed by atoms with Crippen LogP contribution in [0.3, 0.4) is 0 Å². The highest BCUT2D eigenvalue weighted by atomic mass is 32.2. The molecule has 0 bridgehead atoms. The third-order valence-corrected chi connectivity index (χ3v) is 2.24. The van der Waals surface area contributed by atoms with Gasteiger partial charge in [-0.25, -0.2) is 0 Å². The van der Waals surface area contributed by atoms with Gasteiger partial charge in [-0.05, 0) is 11.6 Å². The fourth-order valence-corrected chi connectivity index (χ4v) is 1.08. The Morgan fingerprint density at radius 3 is 2.43 bits per heavy atom. The molecule has 74 valence electrons. The molecule has 3 nitrogen and oxygen atoms in total. The van der Waals surface area contributed by atoms with E-state index in [2.05, 4.69) is 10.8 Å². The quantitative estimate of drug-likeness (QED) is 0.565.